The molecule has 0 spiro atoms. The lowest BCUT2D eigenvalue weighted by molar-refractivity contribution is 0.0879. The van der Waals surface area contributed by atoms with Gasteiger partial charge in [0.15, 0.2) is 11.5 Å². The molecule has 1 fully saturated rings. The Bertz CT molecular complexity index is 972. The third kappa shape index (κ3) is 5.12. The minimum Gasteiger partial charge on any atom is -0.493 e. The number of methoxy groups -OCH3 is 2. The Morgan fingerprint density at radius 2 is 1.68 bits per heavy atom. The maximum Gasteiger partial charge on any atom is 0.205 e. The predicted octanol–water partition coefficient (Wildman–Crippen LogP) is 1.54. The Balaban J connectivity index is 1.30. The van der Waals surface area contributed by atoms with Crippen LogP contribution in [0.2, 0.25) is 0 Å². The van der Waals surface area contributed by atoms with E-state index in [9.17, 15) is 5.11 Å². The van der Waals surface area contributed by atoms with Gasteiger partial charge in [-0.15, -0.1) is 10.2 Å². The summed E-state index contributed by atoms with van der Waals surface area (Å²) >= 11 is 0. The number of piperazine rings is 1. The summed E-state index contributed by atoms with van der Waals surface area (Å²) in [4.78, 5) is 6.09. The van der Waals surface area contributed by atoms with Crippen molar-refractivity contribution >= 4 is 5.69 Å². The smallest absolute Gasteiger partial charge is 0.205 e. The van der Waals surface area contributed by atoms with Crippen molar-refractivity contribution in [1.29, 1.82) is 0 Å². The summed E-state index contributed by atoms with van der Waals surface area (Å²) in [6.07, 6.45) is -0.573. The zero-order chi connectivity index (χ0) is 21.6. The molecule has 0 saturated carbocycles. The third-order valence-corrected chi connectivity index (χ3v) is 5.43. The first-order valence-corrected chi connectivity index (χ1v) is 10.4. The molecule has 2 heterocycles. The molecule has 2 aromatic carbocycles. The Labute approximate surface area is 181 Å². The van der Waals surface area contributed by atoms with Crippen LogP contribution in [0, 0.1) is 0 Å². The van der Waals surface area contributed by atoms with Gasteiger partial charge in [0, 0.05) is 44.0 Å². The van der Waals surface area contributed by atoms with Gasteiger partial charge < -0.3 is 19.5 Å². The van der Waals surface area contributed by atoms with E-state index in [4.69, 9.17) is 9.47 Å². The number of nitrogens with zero attached hydrogens (tertiary/aromatic N) is 6. The monoisotopic (exact) mass is 424 g/mol. The van der Waals surface area contributed by atoms with Crippen molar-refractivity contribution in [2.45, 2.75) is 12.6 Å². The number of hydrogen-bond acceptors (Lipinski definition) is 8. The Morgan fingerprint density at radius 3 is 2.39 bits per heavy atom. The highest BCUT2D eigenvalue weighted by Gasteiger charge is 2.20. The number of aliphatic hydroxyl groups excluding tert-OH is 1. The van der Waals surface area contributed by atoms with E-state index in [1.807, 2.05) is 18.2 Å². The summed E-state index contributed by atoms with van der Waals surface area (Å²) in [7, 11) is 3.18. The van der Waals surface area contributed by atoms with Crippen molar-refractivity contribution in [3.8, 4) is 22.9 Å². The second-order valence-corrected chi connectivity index (χ2v) is 7.51. The van der Waals surface area contributed by atoms with Crippen LogP contribution in [0.3, 0.4) is 0 Å². The first kappa shape index (κ1) is 21.1. The zero-order valence-corrected chi connectivity index (χ0v) is 17.9. The minimum atomic E-state index is -0.573. The summed E-state index contributed by atoms with van der Waals surface area (Å²) in [6.45, 7) is 4.58. The van der Waals surface area contributed by atoms with Gasteiger partial charge in [0.1, 0.15) is 0 Å². The van der Waals surface area contributed by atoms with E-state index in [1.54, 1.807) is 20.3 Å². The topological polar surface area (TPSA) is 88.8 Å². The van der Waals surface area contributed by atoms with Crippen LogP contribution < -0.4 is 14.4 Å². The minimum absolute atomic E-state index is 0.291. The van der Waals surface area contributed by atoms with E-state index < -0.39 is 6.10 Å². The number of anilines is 1. The van der Waals surface area contributed by atoms with Crippen molar-refractivity contribution in [3.05, 3.63) is 48.5 Å². The third-order valence-electron chi connectivity index (χ3n) is 5.43. The number of aliphatic hydroxyl groups is 1. The highest BCUT2D eigenvalue weighted by Crippen LogP contribution is 2.30. The molecule has 1 aliphatic rings. The standard InChI is InChI=1S/C22H28N6O3/c1-30-20-9-8-17(14-21(20)31-2)22-23-25-28(24-22)16-19(29)15-26-10-12-27(13-11-26)18-6-4-3-5-7-18/h3-9,14,19,29H,10-13,15-16H2,1-2H3. The van der Waals surface area contributed by atoms with Crippen LogP contribution in [0.5, 0.6) is 11.5 Å². The average Bonchev–Trinajstić information content (AvgIpc) is 3.28. The van der Waals surface area contributed by atoms with E-state index in [0.29, 0.717) is 30.4 Å². The average molecular weight is 425 g/mol. The van der Waals surface area contributed by atoms with Gasteiger partial charge >= 0.3 is 0 Å². The van der Waals surface area contributed by atoms with Gasteiger partial charge in [-0.2, -0.15) is 4.80 Å². The molecule has 1 atom stereocenters. The van der Waals surface area contributed by atoms with E-state index >= 15 is 0 Å². The maximum absolute atomic E-state index is 10.5. The lowest BCUT2D eigenvalue weighted by atomic mass is 10.2. The van der Waals surface area contributed by atoms with Crippen molar-refractivity contribution < 1.29 is 14.6 Å². The number of hydrogen-bond donors (Lipinski definition) is 1. The molecule has 4 rings (SSSR count). The number of para-hydroxylation sites is 1. The molecule has 1 unspecified atom stereocenters. The van der Waals surface area contributed by atoms with Gasteiger partial charge in [-0.3, -0.25) is 4.90 Å². The number of tetrazole rings is 1. The lowest BCUT2D eigenvalue weighted by Crippen LogP contribution is -2.49. The van der Waals surface area contributed by atoms with Crippen molar-refractivity contribution in [3.63, 3.8) is 0 Å². The molecule has 1 aromatic heterocycles. The van der Waals surface area contributed by atoms with Crippen LogP contribution in [0.4, 0.5) is 5.69 Å². The first-order chi connectivity index (χ1) is 15.2. The quantitative estimate of drug-likeness (QED) is 0.583. The van der Waals surface area contributed by atoms with Crippen molar-refractivity contribution in [2.75, 3.05) is 51.8 Å². The summed E-state index contributed by atoms with van der Waals surface area (Å²) in [5.74, 6) is 1.72. The Morgan fingerprint density at radius 1 is 0.935 bits per heavy atom. The highest BCUT2D eigenvalue weighted by atomic mass is 16.5. The van der Waals surface area contributed by atoms with Crippen LogP contribution in [0.1, 0.15) is 0 Å². The van der Waals surface area contributed by atoms with Crippen molar-refractivity contribution in [1.82, 2.24) is 25.1 Å². The molecule has 1 N–H and O–H groups in total. The second-order valence-electron chi connectivity index (χ2n) is 7.51. The molecule has 31 heavy (non-hydrogen) atoms. The fraction of sp³-hybridized carbons (Fsp3) is 0.409. The Kier molecular flexibility index (Phi) is 6.63. The van der Waals surface area contributed by atoms with E-state index in [0.717, 1.165) is 31.7 Å². The van der Waals surface area contributed by atoms with Crippen LogP contribution >= 0.6 is 0 Å². The number of aromatic nitrogens is 4. The molecule has 1 aliphatic heterocycles. The van der Waals surface area contributed by atoms with Crippen molar-refractivity contribution in [2.24, 2.45) is 0 Å². The SMILES string of the molecule is COc1ccc(-c2nnn(CC(O)CN3CCN(c4ccccc4)CC3)n2)cc1OC. The molecule has 0 radical (unpaired) electrons. The summed E-state index contributed by atoms with van der Waals surface area (Å²) in [6, 6.07) is 15.9. The predicted molar refractivity (Wildman–Crippen MR) is 117 cm³/mol. The second kappa shape index (κ2) is 9.76. The summed E-state index contributed by atoms with van der Waals surface area (Å²) in [5, 5.41) is 23.2. The lowest BCUT2D eigenvalue weighted by Gasteiger charge is -2.36. The van der Waals surface area contributed by atoms with E-state index in [1.165, 1.54) is 10.5 Å². The Hall–Kier alpha value is -3.17. The number of ether oxygens (including phenoxy) is 2. The van der Waals surface area contributed by atoms with E-state index in [-0.39, 0.29) is 0 Å². The zero-order valence-electron chi connectivity index (χ0n) is 17.9. The van der Waals surface area contributed by atoms with Gasteiger partial charge in [-0.25, -0.2) is 0 Å². The van der Waals surface area contributed by atoms with Gasteiger partial charge in [0.25, 0.3) is 0 Å². The van der Waals surface area contributed by atoms with Crippen LogP contribution in [-0.4, -0.2) is 83.3 Å². The van der Waals surface area contributed by atoms with Gasteiger partial charge in [-0.1, -0.05) is 18.2 Å². The summed E-state index contributed by atoms with van der Waals surface area (Å²) in [5.41, 5.74) is 2.02. The number of rotatable bonds is 8. The van der Waals surface area contributed by atoms with Crippen LogP contribution in [-0.2, 0) is 6.54 Å². The fourth-order valence-electron chi connectivity index (χ4n) is 3.78. The molecule has 3 aromatic rings. The summed E-state index contributed by atoms with van der Waals surface area (Å²) < 4.78 is 10.6. The highest BCUT2D eigenvalue weighted by molar-refractivity contribution is 5.60. The molecule has 9 nitrogen and oxygen atoms in total. The molecular formula is C22H28N6O3. The molecule has 164 valence electrons. The molecule has 9 heteroatoms. The number of β-amino-alcohol motifs (C(OH)–C–C–N with tert-alkyl or cyclic N) is 1. The van der Waals surface area contributed by atoms with Gasteiger partial charge in [0.2, 0.25) is 5.82 Å². The molecule has 0 amide bonds. The van der Waals surface area contributed by atoms with Crippen LogP contribution in [0.15, 0.2) is 48.5 Å². The molecule has 0 aliphatic carbocycles. The normalized spacial score (nSPS) is 15.6. The first-order valence-electron chi connectivity index (χ1n) is 10.4. The van der Waals surface area contributed by atoms with E-state index in [2.05, 4.69) is 49.5 Å². The number of benzene rings is 2. The largest absolute Gasteiger partial charge is 0.493 e. The van der Waals surface area contributed by atoms with Gasteiger partial charge in [-0.05, 0) is 35.5 Å². The van der Waals surface area contributed by atoms with Gasteiger partial charge in [0.05, 0.1) is 26.9 Å². The molecule has 1 saturated heterocycles. The molecule has 0 bridgehead atoms. The van der Waals surface area contributed by atoms with Crippen LogP contribution in [0.25, 0.3) is 11.4 Å². The molecular weight excluding hydrogens is 396 g/mol. The fourth-order valence-corrected chi connectivity index (χ4v) is 3.78. The maximum atomic E-state index is 10.5.